The molecule has 1 N–H and O–H groups in total. The molecular formula is C28H23F4NO4. The third kappa shape index (κ3) is 4.81. The number of benzene rings is 3. The van der Waals surface area contributed by atoms with Gasteiger partial charge in [-0.15, -0.1) is 0 Å². The summed E-state index contributed by atoms with van der Waals surface area (Å²) < 4.78 is 59.3. The number of aliphatic hydroxyl groups excluding tert-OH is 1. The zero-order valence-electron chi connectivity index (χ0n) is 20.1. The lowest BCUT2D eigenvalue weighted by molar-refractivity contribution is -0.137. The van der Waals surface area contributed by atoms with Gasteiger partial charge in [0.1, 0.15) is 17.3 Å². The molecule has 0 saturated carbocycles. The van der Waals surface area contributed by atoms with E-state index in [0.29, 0.717) is 5.75 Å². The first-order valence-corrected chi connectivity index (χ1v) is 11.4. The average Bonchev–Trinajstić information content (AvgIpc) is 3.13. The second-order valence-electron chi connectivity index (χ2n) is 8.88. The highest BCUT2D eigenvalue weighted by molar-refractivity contribution is 6.51. The van der Waals surface area contributed by atoms with Gasteiger partial charge in [0.05, 0.1) is 24.3 Å². The average molecular weight is 513 g/mol. The number of methoxy groups -OCH3 is 1. The summed E-state index contributed by atoms with van der Waals surface area (Å²) in [7, 11) is 1.50. The standard InChI is InChI=1S/C28H23F4NO4/c1-15(2)21-13-17(9-12-22(21)37-3)25(34)23-24(16-7-10-19(29)11-8-16)33(27(36)26(23)35)20-6-4-5-18(14-20)28(30,31)32/h4-15,24,34H,1-3H3/b25-23-. The van der Waals surface area contributed by atoms with Gasteiger partial charge in [0.25, 0.3) is 11.7 Å². The Morgan fingerprint density at radius 1 is 1.00 bits per heavy atom. The van der Waals surface area contributed by atoms with E-state index >= 15 is 0 Å². The molecule has 1 atom stereocenters. The summed E-state index contributed by atoms with van der Waals surface area (Å²) in [6.45, 7) is 3.82. The second-order valence-corrected chi connectivity index (χ2v) is 8.88. The van der Waals surface area contributed by atoms with Crippen LogP contribution < -0.4 is 9.64 Å². The van der Waals surface area contributed by atoms with Crippen LogP contribution in [0.1, 0.15) is 48.1 Å². The maximum atomic E-state index is 13.7. The fourth-order valence-electron chi connectivity index (χ4n) is 4.38. The quantitative estimate of drug-likeness (QED) is 0.181. The Labute approximate surface area is 210 Å². The van der Waals surface area contributed by atoms with Crippen molar-refractivity contribution in [1.29, 1.82) is 0 Å². The van der Waals surface area contributed by atoms with Crippen molar-refractivity contribution in [3.8, 4) is 5.75 Å². The number of rotatable bonds is 5. The first-order valence-electron chi connectivity index (χ1n) is 11.4. The number of ether oxygens (including phenoxy) is 1. The fourth-order valence-corrected chi connectivity index (χ4v) is 4.38. The number of nitrogens with zero attached hydrogens (tertiary/aromatic N) is 1. The summed E-state index contributed by atoms with van der Waals surface area (Å²) >= 11 is 0. The van der Waals surface area contributed by atoms with Crippen molar-refractivity contribution in [2.45, 2.75) is 32.0 Å². The Bertz CT molecular complexity index is 1390. The molecule has 5 nitrogen and oxygen atoms in total. The van der Waals surface area contributed by atoms with Gasteiger partial charge in [0.15, 0.2) is 0 Å². The first-order chi connectivity index (χ1) is 17.4. The zero-order valence-corrected chi connectivity index (χ0v) is 20.1. The van der Waals surface area contributed by atoms with E-state index in [-0.39, 0.29) is 28.3 Å². The molecular weight excluding hydrogens is 490 g/mol. The fraction of sp³-hybridized carbons (Fsp3) is 0.214. The number of alkyl halides is 3. The predicted octanol–water partition coefficient (Wildman–Crippen LogP) is 6.60. The molecule has 0 aliphatic carbocycles. The molecule has 3 aromatic rings. The second kappa shape index (κ2) is 9.72. The van der Waals surface area contributed by atoms with Gasteiger partial charge in [-0.3, -0.25) is 14.5 Å². The van der Waals surface area contributed by atoms with Crippen molar-refractivity contribution < 1.29 is 37.0 Å². The molecule has 1 fully saturated rings. The topological polar surface area (TPSA) is 66.8 Å². The minimum atomic E-state index is -4.69. The van der Waals surface area contributed by atoms with Crippen LogP contribution in [0.5, 0.6) is 5.75 Å². The molecule has 0 spiro atoms. The van der Waals surface area contributed by atoms with Crippen LogP contribution in [-0.4, -0.2) is 23.9 Å². The number of hydrogen-bond acceptors (Lipinski definition) is 4. The Kier molecular flexibility index (Phi) is 6.82. The molecule has 1 saturated heterocycles. The van der Waals surface area contributed by atoms with Crippen LogP contribution in [-0.2, 0) is 15.8 Å². The predicted molar refractivity (Wildman–Crippen MR) is 130 cm³/mol. The number of aliphatic hydroxyl groups is 1. The molecule has 1 heterocycles. The normalized spacial score (nSPS) is 17.5. The highest BCUT2D eigenvalue weighted by Gasteiger charge is 2.47. The van der Waals surface area contributed by atoms with Crippen LogP contribution in [0.3, 0.4) is 0 Å². The molecule has 0 bridgehead atoms. The molecule has 1 unspecified atom stereocenters. The van der Waals surface area contributed by atoms with Gasteiger partial charge in [-0.2, -0.15) is 13.2 Å². The van der Waals surface area contributed by atoms with E-state index in [1.807, 2.05) is 13.8 Å². The largest absolute Gasteiger partial charge is 0.507 e. The lowest BCUT2D eigenvalue weighted by atomic mass is 9.93. The molecule has 1 aliphatic heterocycles. The van der Waals surface area contributed by atoms with Crippen molar-refractivity contribution in [3.63, 3.8) is 0 Å². The van der Waals surface area contributed by atoms with Crippen molar-refractivity contribution in [3.05, 3.63) is 100 Å². The molecule has 192 valence electrons. The molecule has 0 aromatic heterocycles. The van der Waals surface area contributed by atoms with E-state index < -0.39 is 41.0 Å². The van der Waals surface area contributed by atoms with Crippen LogP contribution >= 0.6 is 0 Å². The van der Waals surface area contributed by atoms with E-state index in [9.17, 15) is 32.3 Å². The number of anilines is 1. The minimum absolute atomic E-state index is 0.0110. The third-order valence-electron chi connectivity index (χ3n) is 6.21. The van der Waals surface area contributed by atoms with Crippen molar-refractivity contribution in [1.82, 2.24) is 0 Å². The smallest absolute Gasteiger partial charge is 0.416 e. The molecule has 1 amide bonds. The lowest BCUT2D eigenvalue weighted by Gasteiger charge is -2.26. The van der Waals surface area contributed by atoms with Crippen molar-refractivity contribution in [2.75, 3.05) is 12.0 Å². The Balaban J connectivity index is 1.95. The summed E-state index contributed by atoms with van der Waals surface area (Å²) in [4.78, 5) is 27.3. The van der Waals surface area contributed by atoms with Gasteiger partial charge >= 0.3 is 6.18 Å². The molecule has 9 heteroatoms. The third-order valence-corrected chi connectivity index (χ3v) is 6.21. The van der Waals surface area contributed by atoms with E-state index in [1.165, 1.54) is 31.4 Å². The maximum Gasteiger partial charge on any atom is 0.416 e. The number of hydrogen-bond donors (Lipinski definition) is 1. The monoisotopic (exact) mass is 513 g/mol. The number of carbonyl (C=O) groups is 2. The Morgan fingerprint density at radius 2 is 1.68 bits per heavy atom. The van der Waals surface area contributed by atoms with E-state index in [1.54, 1.807) is 12.1 Å². The summed E-state index contributed by atoms with van der Waals surface area (Å²) in [5.41, 5.74) is -0.342. The molecule has 37 heavy (non-hydrogen) atoms. The zero-order chi connectivity index (χ0) is 27.1. The van der Waals surface area contributed by atoms with E-state index in [0.717, 1.165) is 40.8 Å². The van der Waals surface area contributed by atoms with Crippen LogP contribution in [0.15, 0.2) is 72.3 Å². The van der Waals surface area contributed by atoms with Crippen LogP contribution in [0.25, 0.3) is 5.76 Å². The number of amides is 1. The van der Waals surface area contributed by atoms with Gasteiger partial charge < -0.3 is 9.84 Å². The molecule has 0 radical (unpaired) electrons. The highest BCUT2D eigenvalue weighted by Crippen LogP contribution is 2.44. The van der Waals surface area contributed by atoms with Gasteiger partial charge in [-0.25, -0.2) is 4.39 Å². The summed E-state index contributed by atoms with van der Waals surface area (Å²) in [6, 6.07) is 12.3. The molecule has 1 aliphatic rings. The van der Waals surface area contributed by atoms with E-state index in [4.69, 9.17) is 4.74 Å². The summed E-state index contributed by atoms with van der Waals surface area (Å²) in [5, 5.41) is 11.3. The number of carbonyl (C=O) groups excluding carboxylic acids is 2. The first kappa shape index (κ1) is 25.9. The van der Waals surface area contributed by atoms with Gasteiger partial charge in [0, 0.05) is 11.3 Å². The van der Waals surface area contributed by atoms with Crippen LogP contribution in [0.2, 0.25) is 0 Å². The van der Waals surface area contributed by atoms with Crippen molar-refractivity contribution in [2.24, 2.45) is 0 Å². The number of halogens is 4. The summed E-state index contributed by atoms with van der Waals surface area (Å²) in [5.74, 6) is -2.74. The highest BCUT2D eigenvalue weighted by atomic mass is 19.4. The van der Waals surface area contributed by atoms with Crippen LogP contribution in [0.4, 0.5) is 23.2 Å². The van der Waals surface area contributed by atoms with Gasteiger partial charge in [-0.1, -0.05) is 32.0 Å². The SMILES string of the molecule is COc1ccc(/C(O)=C2/C(=O)C(=O)N(c3cccc(C(F)(F)F)c3)C2c2ccc(F)cc2)cc1C(C)C. The van der Waals surface area contributed by atoms with Crippen molar-refractivity contribution >= 4 is 23.1 Å². The number of Topliss-reactive ketones (excluding diaryl/α,β-unsaturated/α-hetero) is 1. The molecule has 4 rings (SSSR count). The maximum absolute atomic E-state index is 13.7. The Hall–Kier alpha value is -4.14. The Morgan fingerprint density at radius 3 is 2.27 bits per heavy atom. The van der Waals surface area contributed by atoms with Gasteiger partial charge in [0.2, 0.25) is 0 Å². The number of ketones is 1. The van der Waals surface area contributed by atoms with Crippen LogP contribution in [0, 0.1) is 5.82 Å². The van der Waals surface area contributed by atoms with E-state index in [2.05, 4.69) is 0 Å². The van der Waals surface area contributed by atoms with Gasteiger partial charge in [-0.05, 0) is 65.6 Å². The summed E-state index contributed by atoms with van der Waals surface area (Å²) in [6.07, 6.45) is -4.69. The lowest BCUT2D eigenvalue weighted by Crippen LogP contribution is -2.29. The molecule has 3 aromatic carbocycles. The minimum Gasteiger partial charge on any atom is -0.507 e.